The molecule has 65 valence electrons. The molecular weight excluding hydrogens is 315 g/mol. The minimum atomic E-state index is 1.27. The van der Waals surface area contributed by atoms with E-state index in [1.54, 1.807) is 3.96 Å². The van der Waals surface area contributed by atoms with Crippen LogP contribution in [0.15, 0.2) is 21.2 Å². The zero-order valence-electron chi connectivity index (χ0n) is 7.22. The standard InChI is InChI=1S/C10H15.Pt/c1-9-7-5-3-4-6-8-10(9)2;/h7H,3-6H2,1-2H3;/b9-7-,10-8?;. The van der Waals surface area contributed by atoms with E-state index in [4.69, 9.17) is 0 Å². The normalized spacial score (nSPS) is 32.2. The molecular formula is C10H15Pt. The molecule has 0 aromatic rings. The van der Waals surface area contributed by atoms with E-state index in [1.807, 2.05) is 0 Å². The quantitative estimate of drug-likeness (QED) is 0.639. The van der Waals surface area contributed by atoms with Crippen molar-refractivity contribution in [2.75, 3.05) is 0 Å². The fourth-order valence-electron chi connectivity index (χ4n) is 1.27. The predicted octanol–water partition coefficient (Wildman–Crippen LogP) is 3.33. The van der Waals surface area contributed by atoms with Crippen LogP contribution in [-0.2, 0) is 19.8 Å². The van der Waals surface area contributed by atoms with Crippen molar-refractivity contribution < 1.29 is 19.8 Å². The third-order valence-corrected chi connectivity index (χ3v) is 3.68. The van der Waals surface area contributed by atoms with Crippen molar-refractivity contribution in [3.8, 4) is 0 Å². The molecule has 1 aliphatic rings. The Morgan fingerprint density at radius 1 is 1.27 bits per heavy atom. The van der Waals surface area contributed by atoms with Gasteiger partial charge in [-0.1, -0.05) is 0 Å². The molecule has 1 rings (SSSR count). The molecule has 0 spiro atoms. The molecule has 0 nitrogen and oxygen atoms in total. The summed E-state index contributed by atoms with van der Waals surface area (Å²) in [5.74, 6) is 0. The van der Waals surface area contributed by atoms with Gasteiger partial charge in [-0.2, -0.15) is 0 Å². The van der Waals surface area contributed by atoms with Gasteiger partial charge in [-0.25, -0.2) is 0 Å². The molecule has 1 heteroatoms. The van der Waals surface area contributed by atoms with E-state index < -0.39 is 0 Å². The maximum atomic E-state index is 2.46. The summed E-state index contributed by atoms with van der Waals surface area (Å²) in [5, 5.41) is 0. The third-order valence-electron chi connectivity index (χ3n) is 2.26. The minimum absolute atomic E-state index is 1.27. The van der Waals surface area contributed by atoms with Gasteiger partial charge in [0.1, 0.15) is 0 Å². The first-order valence-corrected chi connectivity index (χ1v) is 5.34. The molecule has 0 heterocycles. The van der Waals surface area contributed by atoms with Crippen LogP contribution < -0.4 is 0 Å². The van der Waals surface area contributed by atoms with Crippen LogP contribution in [0.3, 0.4) is 0 Å². The summed E-state index contributed by atoms with van der Waals surface area (Å²) in [7, 11) is 0. The molecule has 1 aliphatic carbocycles. The molecule has 0 aromatic carbocycles. The van der Waals surface area contributed by atoms with Gasteiger partial charge in [-0.3, -0.25) is 0 Å². The monoisotopic (exact) mass is 330 g/mol. The first kappa shape index (κ1) is 9.26. The molecule has 0 amide bonds. The maximum absolute atomic E-state index is 2.46. The zero-order valence-corrected chi connectivity index (χ0v) is 9.49. The molecule has 11 heavy (non-hydrogen) atoms. The van der Waals surface area contributed by atoms with Crippen molar-refractivity contribution in [3.63, 3.8) is 0 Å². The van der Waals surface area contributed by atoms with E-state index in [0.29, 0.717) is 0 Å². The molecule has 0 radical (unpaired) electrons. The van der Waals surface area contributed by atoms with Crippen LogP contribution in [0.25, 0.3) is 0 Å². The summed E-state index contributed by atoms with van der Waals surface area (Å²) in [4.78, 5) is 0. The Morgan fingerprint density at radius 2 is 2.00 bits per heavy atom. The molecule has 0 unspecified atom stereocenters. The predicted molar refractivity (Wildman–Crippen MR) is 44.9 cm³/mol. The van der Waals surface area contributed by atoms with Crippen molar-refractivity contribution in [2.24, 2.45) is 0 Å². The van der Waals surface area contributed by atoms with Gasteiger partial charge < -0.3 is 0 Å². The van der Waals surface area contributed by atoms with Gasteiger partial charge >= 0.3 is 80.5 Å². The van der Waals surface area contributed by atoms with Crippen LogP contribution >= 0.6 is 0 Å². The van der Waals surface area contributed by atoms with E-state index in [2.05, 4.69) is 39.7 Å². The molecule has 0 saturated carbocycles. The Hall–Kier alpha value is 0.168. The Labute approximate surface area is 80.7 Å². The van der Waals surface area contributed by atoms with Crippen molar-refractivity contribution in [1.82, 2.24) is 0 Å². The van der Waals surface area contributed by atoms with E-state index in [1.165, 1.54) is 36.8 Å². The van der Waals surface area contributed by atoms with Crippen LogP contribution in [0.4, 0.5) is 0 Å². The number of hydrogen-bond acceptors (Lipinski definition) is 0. The fourth-order valence-corrected chi connectivity index (χ4v) is 2.12. The van der Waals surface area contributed by atoms with Crippen LogP contribution in [0, 0.1) is 0 Å². The topological polar surface area (TPSA) is 0 Å². The molecule has 0 aliphatic heterocycles. The SMILES string of the molecule is CC1=C/CCCC/[C]([Pt])=C\1C. The molecule has 0 atom stereocenters. The summed E-state index contributed by atoms with van der Waals surface area (Å²) in [6, 6.07) is 0. The van der Waals surface area contributed by atoms with Gasteiger partial charge in [0.15, 0.2) is 0 Å². The van der Waals surface area contributed by atoms with Crippen LogP contribution in [0.2, 0.25) is 0 Å². The van der Waals surface area contributed by atoms with E-state index in [0.717, 1.165) is 0 Å². The van der Waals surface area contributed by atoms with E-state index in [9.17, 15) is 0 Å². The Kier molecular flexibility index (Phi) is 3.58. The summed E-state index contributed by atoms with van der Waals surface area (Å²) < 4.78 is 1.55. The zero-order chi connectivity index (χ0) is 8.27. The third kappa shape index (κ3) is 2.60. The van der Waals surface area contributed by atoms with Gasteiger partial charge in [0.25, 0.3) is 0 Å². The van der Waals surface area contributed by atoms with Crippen LogP contribution in [-0.4, -0.2) is 0 Å². The first-order valence-electron chi connectivity index (χ1n) is 4.21. The van der Waals surface area contributed by atoms with Gasteiger partial charge in [-0.05, 0) is 0 Å². The van der Waals surface area contributed by atoms with Crippen molar-refractivity contribution in [2.45, 2.75) is 39.5 Å². The Bertz CT molecular complexity index is 199. The molecule has 0 saturated heterocycles. The van der Waals surface area contributed by atoms with Gasteiger partial charge in [0.2, 0.25) is 0 Å². The number of hydrogen-bond donors (Lipinski definition) is 0. The Morgan fingerprint density at radius 3 is 2.73 bits per heavy atom. The number of allylic oxidation sites excluding steroid dienone is 4. The fraction of sp³-hybridized carbons (Fsp3) is 0.600. The molecule has 0 N–H and O–H groups in total. The van der Waals surface area contributed by atoms with Crippen molar-refractivity contribution in [1.29, 1.82) is 0 Å². The molecule has 0 fully saturated rings. The summed E-state index contributed by atoms with van der Waals surface area (Å²) in [6.45, 7) is 4.46. The summed E-state index contributed by atoms with van der Waals surface area (Å²) >= 11 is 2.46. The molecule has 0 aromatic heterocycles. The second-order valence-electron chi connectivity index (χ2n) is 3.13. The second-order valence-corrected chi connectivity index (χ2v) is 4.50. The summed E-state index contributed by atoms with van der Waals surface area (Å²) in [5.41, 5.74) is 2.99. The van der Waals surface area contributed by atoms with E-state index >= 15 is 0 Å². The van der Waals surface area contributed by atoms with Crippen LogP contribution in [0.1, 0.15) is 39.5 Å². The van der Waals surface area contributed by atoms with Crippen LogP contribution in [0.5, 0.6) is 0 Å². The average molecular weight is 330 g/mol. The summed E-state index contributed by atoms with van der Waals surface area (Å²) in [6.07, 6.45) is 7.65. The van der Waals surface area contributed by atoms with Gasteiger partial charge in [-0.15, -0.1) is 0 Å². The van der Waals surface area contributed by atoms with Gasteiger partial charge in [0.05, 0.1) is 0 Å². The van der Waals surface area contributed by atoms with Crippen molar-refractivity contribution >= 4 is 0 Å². The Balaban J connectivity index is 2.83. The van der Waals surface area contributed by atoms with E-state index in [-0.39, 0.29) is 0 Å². The average Bonchev–Trinajstić information content (AvgIpc) is 2.00. The molecule has 0 bridgehead atoms. The first-order chi connectivity index (χ1) is 5.22. The number of rotatable bonds is 0. The second kappa shape index (κ2) is 4.26. The van der Waals surface area contributed by atoms with Crippen molar-refractivity contribution in [3.05, 3.63) is 21.2 Å². The van der Waals surface area contributed by atoms with Gasteiger partial charge in [0, 0.05) is 0 Å².